The molecule has 0 amide bonds. The molecule has 1 saturated heterocycles. The van der Waals surface area contributed by atoms with Crippen molar-refractivity contribution < 1.29 is 13.2 Å². The highest BCUT2D eigenvalue weighted by Gasteiger charge is 2.30. The summed E-state index contributed by atoms with van der Waals surface area (Å²) >= 11 is 0. The van der Waals surface area contributed by atoms with Gasteiger partial charge in [0.1, 0.15) is 0 Å². The molecular formula is C21H34F3N5. The molecule has 0 radical (unpaired) electrons. The summed E-state index contributed by atoms with van der Waals surface area (Å²) in [5.74, 6) is 0.774. The van der Waals surface area contributed by atoms with Gasteiger partial charge in [-0.3, -0.25) is 9.89 Å². The standard InChI is InChI=1S/C21H34F3N5/c1-5-25-20(27-14-19-15-28(3)11-12-29(19)4)26-10-9-16(2)17-7-6-8-18(13-17)21(22,23)24/h6-8,13,16,19H,5,9-12,14-15H2,1-4H3,(H2,25,26,27). The molecule has 2 N–H and O–H groups in total. The van der Waals surface area contributed by atoms with Gasteiger partial charge in [0.25, 0.3) is 0 Å². The molecule has 1 aliphatic rings. The van der Waals surface area contributed by atoms with E-state index in [2.05, 4.69) is 34.5 Å². The molecule has 0 spiro atoms. The lowest BCUT2D eigenvalue weighted by Crippen LogP contribution is -2.51. The van der Waals surface area contributed by atoms with Crippen LogP contribution in [0.4, 0.5) is 13.2 Å². The van der Waals surface area contributed by atoms with Crippen LogP contribution >= 0.6 is 0 Å². The van der Waals surface area contributed by atoms with Crippen molar-refractivity contribution in [1.82, 2.24) is 20.4 Å². The molecule has 8 heteroatoms. The minimum atomic E-state index is -4.31. The molecule has 0 aliphatic carbocycles. The van der Waals surface area contributed by atoms with Crippen molar-refractivity contribution in [1.29, 1.82) is 0 Å². The van der Waals surface area contributed by atoms with Gasteiger partial charge in [-0.1, -0.05) is 25.1 Å². The molecule has 1 aliphatic heterocycles. The number of benzene rings is 1. The Kier molecular flexibility index (Phi) is 8.77. The van der Waals surface area contributed by atoms with Gasteiger partial charge in [0.2, 0.25) is 0 Å². The maximum atomic E-state index is 12.9. The summed E-state index contributed by atoms with van der Waals surface area (Å²) in [4.78, 5) is 9.37. The van der Waals surface area contributed by atoms with Crippen LogP contribution in [0, 0.1) is 0 Å². The topological polar surface area (TPSA) is 42.9 Å². The van der Waals surface area contributed by atoms with Crippen molar-refractivity contribution in [3.05, 3.63) is 35.4 Å². The van der Waals surface area contributed by atoms with E-state index in [9.17, 15) is 13.2 Å². The Morgan fingerprint density at radius 1 is 1.24 bits per heavy atom. The van der Waals surface area contributed by atoms with Gasteiger partial charge in [-0.2, -0.15) is 13.2 Å². The van der Waals surface area contributed by atoms with Gasteiger partial charge in [-0.25, -0.2) is 0 Å². The van der Waals surface area contributed by atoms with E-state index in [4.69, 9.17) is 4.99 Å². The molecule has 5 nitrogen and oxygen atoms in total. The maximum Gasteiger partial charge on any atom is 0.416 e. The van der Waals surface area contributed by atoms with Gasteiger partial charge in [-0.05, 0) is 45.0 Å². The Labute approximate surface area is 172 Å². The van der Waals surface area contributed by atoms with Gasteiger partial charge in [0, 0.05) is 38.8 Å². The summed E-state index contributed by atoms with van der Waals surface area (Å²) in [6.07, 6.45) is -3.59. The smallest absolute Gasteiger partial charge is 0.357 e. The largest absolute Gasteiger partial charge is 0.416 e. The SMILES string of the molecule is CCNC(=NCC1CN(C)CCN1C)NCCC(C)c1cccc(C(F)(F)F)c1. The average Bonchev–Trinajstić information content (AvgIpc) is 2.67. The number of nitrogens with one attached hydrogen (secondary N) is 2. The fraction of sp³-hybridized carbons (Fsp3) is 0.667. The maximum absolute atomic E-state index is 12.9. The Bertz CT molecular complexity index is 662. The van der Waals surface area contributed by atoms with E-state index in [0.29, 0.717) is 24.7 Å². The third-order valence-electron chi connectivity index (χ3n) is 5.44. The first-order chi connectivity index (χ1) is 13.7. The lowest BCUT2D eigenvalue weighted by molar-refractivity contribution is -0.137. The molecule has 1 aromatic rings. The summed E-state index contributed by atoms with van der Waals surface area (Å²) < 4.78 is 38.8. The first-order valence-corrected chi connectivity index (χ1v) is 10.3. The first-order valence-electron chi connectivity index (χ1n) is 10.3. The molecule has 0 bridgehead atoms. The van der Waals surface area contributed by atoms with Gasteiger partial charge in [0.05, 0.1) is 12.1 Å². The minimum Gasteiger partial charge on any atom is -0.357 e. The molecule has 1 fully saturated rings. The van der Waals surface area contributed by atoms with Crippen LogP contribution < -0.4 is 10.6 Å². The predicted octanol–water partition coefficient (Wildman–Crippen LogP) is 3.00. The van der Waals surface area contributed by atoms with Crippen LogP contribution in [0.3, 0.4) is 0 Å². The number of hydrogen-bond acceptors (Lipinski definition) is 3. The second-order valence-corrected chi connectivity index (χ2v) is 7.86. The number of hydrogen-bond donors (Lipinski definition) is 2. The van der Waals surface area contributed by atoms with Crippen LogP contribution in [0.1, 0.15) is 37.3 Å². The molecule has 2 unspecified atom stereocenters. The minimum absolute atomic E-state index is 0.0193. The van der Waals surface area contributed by atoms with E-state index in [0.717, 1.165) is 44.6 Å². The van der Waals surface area contributed by atoms with Gasteiger partial charge >= 0.3 is 6.18 Å². The van der Waals surface area contributed by atoms with Crippen molar-refractivity contribution in [2.45, 2.75) is 38.4 Å². The van der Waals surface area contributed by atoms with E-state index in [1.165, 1.54) is 12.1 Å². The average molecular weight is 414 g/mol. The van der Waals surface area contributed by atoms with Crippen LogP contribution in [0.5, 0.6) is 0 Å². The quantitative estimate of drug-likeness (QED) is 0.533. The summed E-state index contributed by atoms with van der Waals surface area (Å²) in [5, 5.41) is 6.57. The molecule has 2 atom stereocenters. The fourth-order valence-electron chi connectivity index (χ4n) is 3.43. The molecule has 0 saturated carbocycles. The monoisotopic (exact) mass is 413 g/mol. The third-order valence-corrected chi connectivity index (χ3v) is 5.44. The zero-order chi connectivity index (χ0) is 21.4. The highest BCUT2D eigenvalue weighted by Crippen LogP contribution is 2.31. The van der Waals surface area contributed by atoms with Crippen LogP contribution in [0.15, 0.2) is 29.3 Å². The number of alkyl halides is 3. The Morgan fingerprint density at radius 2 is 2.00 bits per heavy atom. The zero-order valence-corrected chi connectivity index (χ0v) is 17.9. The summed E-state index contributed by atoms with van der Waals surface area (Å²) in [7, 11) is 4.26. The third kappa shape index (κ3) is 7.51. The summed E-state index contributed by atoms with van der Waals surface area (Å²) in [6.45, 7) is 9.18. The van der Waals surface area contributed by atoms with Gasteiger partial charge in [0.15, 0.2) is 5.96 Å². The molecule has 1 heterocycles. The molecule has 2 rings (SSSR count). The fourth-order valence-corrected chi connectivity index (χ4v) is 3.43. The number of nitrogens with zero attached hydrogens (tertiary/aromatic N) is 3. The highest BCUT2D eigenvalue weighted by molar-refractivity contribution is 5.79. The number of likely N-dealkylation sites (N-methyl/N-ethyl adjacent to an activating group) is 2. The summed E-state index contributed by atoms with van der Waals surface area (Å²) in [6, 6.07) is 5.98. The van der Waals surface area contributed by atoms with Crippen LogP contribution in [-0.2, 0) is 6.18 Å². The predicted molar refractivity (Wildman–Crippen MR) is 112 cm³/mol. The Hall–Kier alpha value is -1.80. The number of piperazine rings is 1. The molecule has 1 aromatic carbocycles. The molecule has 164 valence electrons. The Morgan fingerprint density at radius 3 is 2.69 bits per heavy atom. The van der Waals surface area contributed by atoms with E-state index in [1.807, 2.05) is 13.8 Å². The van der Waals surface area contributed by atoms with Gasteiger partial charge in [-0.15, -0.1) is 0 Å². The van der Waals surface area contributed by atoms with Gasteiger partial charge < -0.3 is 15.5 Å². The summed E-state index contributed by atoms with van der Waals surface area (Å²) in [5.41, 5.74) is 0.113. The Balaban J connectivity index is 1.88. The normalized spacial score (nSPS) is 20.5. The van der Waals surface area contributed by atoms with Crippen LogP contribution in [0.25, 0.3) is 0 Å². The van der Waals surface area contributed by atoms with Crippen molar-refractivity contribution in [3.8, 4) is 0 Å². The van der Waals surface area contributed by atoms with E-state index < -0.39 is 11.7 Å². The number of rotatable bonds is 7. The number of halogens is 3. The second kappa shape index (κ2) is 10.8. The number of guanidine groups is 1. The van der Waals surface area contributed by atoms with Crippen LogP contribution in [-0.4, -0.2) is 75.2 Å². The lowest BCUT2D eigenvalue weighted by Gasteiger charge is -2.36. The zero-order valence-electron chi connectivity index (χ0n) is 17.9. The van der Waals surface area contributed by atoms with Crippen molar-refractivity contribution in [3.63, 3.8) is 0 Å². The second-order valence-electron chi connectivity index (χ2n) is 7.86. The highest BCUT2D eigenvalue weighted by atomic mass is 19.4. The molecule has 29 heavy (non-hydrogen) atoms. The van der Waals surface area contributed by atoms with Crippen molar-refractivity contribution >= 4 is 5.96 Å². The van der Waals surface area contributed by atoms with E-state index >= 15 is 0 Å². The van der Waals surface area contributed by atoms with Crippen molar-refractivity contribution in [2.75, 3.05) is 53.4 Å². The molecular weight excluding hydrogens is 379 g/mol. The first kappa shape index (κ1) is 23.5. The molecule has 0 aromatic heterocycles. The van der Waals surface area contributed by atoms with Crippen LogP contribution in [0.2, 0.25) is 0 Å². The van der Waals surface area contributed by atoms with Crippen molar-refractivity contribution in [2.24, 2.45) is 4.99 Å². The lowest BCUT2D eigenvalue weighted by atomic mass is 9.96. The van der Waals surface area contributed by atoms with E-state index in [-0.39, 0.29) is 5.92 Å². The van der Waals surface area contributed by atoms with E-state index in [1.54, 1.807) is 6.07 Å². The number of aliphatic imine (C=N–C) groups is 1.